The SMILES string of the molecule is CCCCCC/C=C\CCCC(=O)O[C@H](CCCCCCCCCCC)CC(=O)NC(COCCC(=O)CCCCCCC)COP(=O)([O-])OCCNC(=O)NCCOP(=O)([O-])OCC(COCCC(=O)CCCCCCC)NC(=O)C[C@@H](CCCCCCCCCCC)OC(=O)CCC/C=C\CCCCCC.[Na+].[Na+]. The summed E-state index contributed by atoms with van der Waals surface area (Å²) in [4.78, 5) is 118. The number of unbranched alkanes of at least 4 members (excludes halogenated alkanes) is 34. The topological polar surface area (TPSA) is 322 Å². The van der Waals surface area contributed by atoms with E-state index in [1.165, 1.54) is 89.9 Å². The first-order valence-electron chi connectivity index (χ1n) is 43.0. The van der Waals surface area contributed by atoms with E-state index in [0.29, 0.717) is 38.5 Å². The van der Waals surface area contributed by atoms with Gasteiger partial charge in [0, 0.05) is 51.6 Å². The number of nitrogens with one attached hydrogen (secondary N) is 4. The first-order valence-corrected chi connectivity index (χ1v) is 45.9. The number of phosphoric ester groups is 2. The number of esters is 2. The van der Waals surface area contributed by atoms with E-state index in [1.54, 1.807) is 0 Å². The van der Waals surface area contributed by atoms with E-state index in [4.69, 9.17) is 37.0 Å². The molecule has 632 valence electrons. The molecule has 0 radical (unpaired) electrons. The van der Waals surface area contributed by atoms with Gasteiger partial charge in [0.05, 0.1) is 77.8 Å². The Labute approximate surface area is 711 Å². The number of hydrogen-bond donors (Lipinski definition) is 4. The van der Waals surface area contributed by atoms with Gasteiger partial charge in [-0.15, -0.1) is 0 Å². The van der Waals surface area contributed by atoms with Crippen LogP contribution in [0.2, 0.25) is 0 Å². The number of carbonyl (C=O) groups is 7. The zero-order chi connectivity index (χ0) is 79.5. The maximum Gasteiger partial charge on any atom is 1.00 e. The van der Waals surface area contributed by atoms with E-state index in [1.807, 2.05) is 0 Å². The molecule has 0 rings (SSSR count). The van der Waals surface area contributed by atoms with Crippen LogP contribution in [0.25, 0.3) is 0 Å². The first-order chi connectivity index (χ1) is 52.3. The molecule has 0 saturated heterocycles. The molecule has 6 atom stereocenters. The summed E-state index contributed by atoms with van der Waals surface area (Å²) in [5.41, 5.74) is 0. The summed E-state index contributed by atoms with van der Waals surface area (Å²) in [5.74, 6) is -1.74. The molecule has 4 amide bonds. The Morgan fingerprint density at radius 3 is 0.955 bits per heavy atom. The van der Waals surface area contributed by atoms with Crippen molar-refractivity contribution in [3.8, 4) is 0 Å². The normalized spacial score (nSPS) is 13.7. The van der Waals surface area contributed by atoms with Gasteiger partial charge in [0.15, 0.2) is 0 Å². The third kappa shape index (κ3) is 78.6. The summed E-state index contributed by atoms with van der Waals surface area (Å²) in [6.45, 7) is 9.64. The Kier molecular flexibility index (Phi) is 83.9. The number of allylic oxidation sites excluding steroid dienone is 4. The van der Waals surface area contributed by atoms with Gasteiger partial charge in [0.2, 0.25) is 11.8 Å². The van der Waals surface area contributed by atoms with Crippen molar-refractivity contribution in [3.63, 3.8) is 0 Å². The summed E-state index contributed by atoms with van der Waals surface area (Å²) in [7, 11) is -10.1. The largest absolute Gasteiger partial charge is 1.00 e. The molecule has 0 spiro atoms. The molecular weight excluding hydrogens is 1460 g/mol. The van der Waals surface area contributed by atoms with Crippen LogP contribution in [-0.2, 0) is 74.9 Å². The number of phosphoric acid groups is 2. The molecule has 0 saturated carbocycles. The third-order valence-corrected chi connectivity index (χ3v) is 20.6. The standard InChI is InChI=1S/C83H156N4O19P2.2Na/c1-7-13-19-25-29-33-37-43-49-55-77(105-81(92)57-51-45-39-35-31-27-21-15-9-3)67-79(90)86-73(69-99-63-59-75(88)53-47-41-23-17-11-5)71-103-107(95,96)101-65-61-84-83(94)85-62-66-102-108(97,98)104-72-74(70-100-64-60-76(89)54-48-42-24-18-12-6)87-80(91)68-78(56-50-44-38-34-30-26-20-14-8-2)106-82(93)58-52-46-40-36-32-28-22-16-10-4;;/h35-36,39-40,73-74,77-78H,7-34,37-38,41-72H2,1-6H3,(H,86,90)(H,87,91)(H,95,96)(H,97,98)(H2,84,85,94);;/q;2*+1/p-2/b39-35-,40-36-;;/t73?,74?,77-,78-;;/m1../s1. The number of urea groups is 1. The van der Waals surface area contributed by atoms with Gasteiger partial charge in [0.1, 0.15) is 23.8 Å². The van der Waals surface area contributed by atoms with Gasteiger partial charge in [-0.25, -0.2) is 4.79 Å². The quantitative estimate of drug-likeness (QED) is 0.0144. The van der Waals surface area contributed by atoms with Crippen molar-refractivity contribution in [3.05, 3.63) is 24.3 Å². The van der Waals surface area contributed by atoms with Gasteiger partial charge in [0.25, 0.3) is 15.6 Å². The Hall–Kier alpha value is -1.89. The zero-order valence-corrected chi connectivity index (χ0v) is 76.4. The number of hydrogen-bond acceptors (Lipinski definition) is 19. The smallest absolute Gasteiger partial charge is 0.756 e. The van der Waals surface area contributed by atoms with Crippen molar-refractivity contribution < 1.29 is 149 Å². The zero-order valence-electron chi connectivity index (χ0n) is 70.6. The second kappa shape index (κ2) is 82.2. The van der Waals surface area contributed by atoms with Gasteiger partial charge < -0.3 is 68.1 Å². The minimum atomic E-state index is -5.07. The van der Waals surface area contributed by atoms with Gasteiger partial charge in [-0.05, 0) is 89.9 Å². The van der Waals surface area contributed by atoms with Crippen LogP contribution in [0.4, 0.5) is 4.79 Å². The number of carbonyl (C=O) groups excluding carboxylic acids is 7. The Balaban J connectivity index is -0.0000572. The van der Waals surface area contributed by atoms with Crippen molar-refractivity contribution in [2.45, 2.75) is 400 Å². The number of Topliss-reactive ketones (excluding diaryl/α,β-unsaturated/α-hetero) is 2. The summed E-state index contributed by atoms with van der Waals surface area (Å²) >= 11 is 0. The molecule has 0 heterocycles. The minimum absolute atomic E-state index is 0. The van der Waals surface area contributed by atoms with Crippen LogP contribution in [0.1, 0.15) is 375 Å². The van der Waals surface area contributed by atoms with E-state index in [9.17, 15) is 52.5 Å². The van der Waals surface area contributed by atoms with Gasteiger partial charge in [-0.1, -0.05) is 258 Å². The Morgan fingerprint density at radius 2 is 0.627 bits per heavy atom. The van der Waals surface area contributed by atoms with Crippen LogP contribution in [0, 0.1) is 0 Å². The summed E-state index contributed by atoms with van der Waals surface area (Å²) in [6.07, 6.45) is 53.0. The van der Waals surface area contributed by atoms with Gasteiger partial charge in [-0.3, -0.25) is 37.9 Å². The minimum Gasteiger partial charge on any atom is -0.756 e. The molecule has 4 unspecified atom stereocenters. The van der Waals surface area contributed by atoms with E-state index >= 15 is 0 Å². The number of amides is 4. The molecule has 0 aliphatic rings. The van der Waals surface area contributed by atoms with Crippen molar-refractivity contribution in [1.29, 1.82) is 0 Å². The average molecular weight is 1620 g/mol. The van der Waals surface area contributed by atoms with E-state index in [2.05, 4.69) is 87.1 Å². The monoisotopic (exact) mass is 1620 g/mol. The molecule has 0 aliphatic heterocycles. The van der Waals surface area contributed by atoms with Crippen molar-refractivity contribution in [1.82, 2.24) is 21.3 Å². The predicted octanol–water partition coefficient (Wildman–Crippen LogP) is 12.8. The van der Waals surface area contributed by atoms with Gasteiger partial charge in [-0.2, -0.15) is 0 Å². The molecule has 0 aromatic rings. The second-order valence-electron chi connectivity index (χ2n) is 29.2. The third-order valence-electron chi connectivity index (χ3n) is 18.6. The van der Waals surface area contributed by atoms with Crippen molar-refractivity contribution in [2.75, 3.05) is 65.9 Å². The Bertz CT molecular complexity index is 2230. The molecular formula is C83H154N4Na2O19P2. The molecule has 0 fully saturated rings. The first kappa shape index (κ1) is 112. The molecule has 27 heteroatoms. The van der Waals surface area contributed by atoms with E-state index < -0.39 is 96.1 Å². The molecule has 4 N–H and O–H groups in total. The fraction of sp³-hybridized carbons (Fsp3) is 0.867. The molecule has 110 heavy (non-hydrogen) atoms. The van der Waals surface area contributed by atoms with Crippen LogP contribution in [0.15, 0.2) is 24.3 Å². The van der Waals surface area contributed by atoms with E-state index in [0.717, 1.165) is 167 Å². The molecule has 0 aliphatic carbocycles. The van der Waals surface area contributed by atoms with Crippen LogP contribution >= 0.6 is 15.6 Å². The Morgan fingerprint density at radius 1 is 0.336 bits per heavy atom. The molecule has 23 nitrogen and oxygen atoms in total. The number of ether oxygens (including phenoxy) is 4. The molecule has 0 aromatic carbocycles. The van der Waals surface area contributed by atoms with Gasteiger partial charge >= 0.3 is 77.1 Å². The van der Waals surface area contributed by atoms with Crippen LogP contribution < -0.4 is 90.2 Å². The maximum absolute atomic E-state index is 13.8. The number of ketones is 2. The van der Waals surface area contributed by atoms with Crippen molar-refractivity contribution >= 4 is 57.0 Å². The number of rotatable bonds is 82. The second-order valence-corrected chi connectivity index (χ2v) is 32.0. The van der Waals surface area contributed by atoms with Crippen LogP contribution in [0.5, 0.6) is 0 Å². The summed E-state index contributed by atoms with van der Waals surface area (Å²) < 4.78 is 70.2. The maximum atomic E-state index is 13.8. The molecule has 0 aromatic heterocycles. The summed E-state index contributed by atoms with van der Waals surface area (Å²) in [6, 6.07) is -2.87. The van der Waals surface area contributed by atoms with Crippen molar-refractivity contribution in [2.24, 2.45) is 0 Å². The predicted molar refractivity (Wildman–Crippen MR) is 428 cm³/mol. The van der Waals surface area contributed by atoms with E-state index in [-0.39, 0.29) is 149 Å². The van der Waals surface area contributed by atoms with Crippen LogP contribution in [-0.4, -0.2) is 132 Å². The van der Waals surface area contributed by atoms with Crippen LogP contribution in [0.3, 0.4) is 0 Å². The fourth-order valence-electron chi connectivity index (χ4n) is 12.2. The average Bonchev–Trinajstić information content (AvgIpc) is 0.904. The summed E-state index contributed by atoms with van der Waals surface area (Å²) in [5, 5.41) is 10.4. The fourth-order valence-corrected chi connectivity index (χ4v) is 13.7. The molecule has 0 bridgehead atoms.